The molecule has 2 N–H and O–H groups in total. The lowest BCUT2D eigenvalue weighted by Gasteiger charge is -2.11. The van der Waals surface area contributed by atoms with E-state index in [1.54, 1.807) is 0 Å². The van der Waals surface area contributed by atoms with Crippen molar-refractivity contribution in [3.8, 4) is 0 Å². The first kappa shape index (κ1) is 9.01. The molecule has 0 aromatic carbocycles. The normalized spacial score (nSPS) is 41.2. The van der Waals surface area contributed by atoms with Gasteiger partial charge in [-0.25, -0.2) is 0 Å². The smallest absolute Gasteiger partial charge is 0.0259 e. The predicted octanol–water partition coefficient (Wildman–Crippen LogP) is 0.982. The Labute approximate surface area is 69.8 Å². The molecule has 3 unspecified atom stereocenters. The lowest BCUT2D eigenvalue weighted by Crippen LogP contribution is -2.32. The van der Waals surface area contributed by atoms with E-state index in [4.69, 9.17) is 0 Å². The maximum absolute atomic E-state index is 3.51. The maximum atomic E-state index is 3.51. The molecular weight excluding hydrogens is 136 g/mol. The molecule has 0 aromatic heterocycles. The van der Waals surface area contributed by atoms with Gasteiger partial charge in [0.1, 0.15) is 0 Å². The number of rotatable bonds is 0. The Bertz CT molecular complexity index is 114. The van der Waals surface area contributed by atoms with Gasteiger partial charge < -0.3 is 10.6 Å². The molecule has 2 aliphatic rings. The molecule has 3 atom stereocenters. The minimum absolute atomic E-state index is 0.782. The summed E-state index contributed by atoms with van der Waals surface area (Å²) in [4.78, 5) is 0. The summed E-state index contributed by atoms with van der Waals surface area (Å²) in [6, 6.07) is 1.57. The average molecular weight is 156 g/mol. The molecule has 2 heteroatoms. The summed E-state index contributed by atoms with van der Waals surface area (Å²) in [6.07, 6.45) is 1.33. The zero-order valence-electron chi connectivity index (χ0n) is 7.85. The molecule has 0 aliphatic carbocycles. The van der Waals surface area contributed by atoms with Crippen molar-refractivity contribution in [1.29, 1.82) is 0 Å². The molecule has 2 fully saturated rings. The summed E-state index contributed by atoms with van der Waals surface area (Å²) in [5.74, 6) is 0.845. The standard InChI is InChI=1S/C7H14N2.C2H6/c1-5-4-9-6-2-3-8-7(5)6;1-2/h5-9H,2-4H2,1H3;1-2H3. The molecule has 0 saturated carbocycles. The highest BCUT2D eigenvalue weighted by molar-refractivity contribution is 4.98. The van der Waals surface area contributed by atoms with Gasteiger partial charge in [0.2, 0.25) is 0 Å². The monoisotopic (exact) mass is 156 g/mol. The van der Waals surface area contributed by atoms with Gasteiger partial charge in [-0.05, 0) is 25.4 Å². The largest absolute Gasteiger partial charge is 0.312 e. The average Bonchev–Trinajstić information content (AvgIpc) is 2.60. The van der Waals surface area contributed by atoms with Crippen LogP contribution in [0.3, 0.4) is 0 Å². The molecule has 0 aromatic rings. The van der Waals surface area contributed by atoms with Crippen molar-refractivity contribution >= 4 is 0 Å². The molecular formula is C9H20N2. The Morgan fingerprint density at radius 3 is 2.55 bits per heavy atom. The van der Waals surface area contributed by atoms with Gasteiger partial charge >= 0.3 is 0 Å². The third-order valence-electron chi connectivity index (χ3n) is 2.58. The van der Waals surface area contributed by atoms with Gasteiger partial charge in [-0.1, -0.05) is 20.8 Å². The van der Waals surface area contributed by atoms with Crippen LogP contribution in [-0.2, 0) is 0 Å². The maximum Gasteiger partial charge on any atom is 0.0259 e. The van der Waals surface area contributed by atoms with E-state index >= 15 is 0 Å². The number of hydrogen-bond donors (Lipinski definition) is 2. The summed E-state index contributed by atoms with van der Waals surface area (Å²) < 4.78 is 0. The van der Waals surface area contributed by atoms with Gasteiger partial charge in [0, 0.05) is 12.1 Å². The number of hydrogen-bond acceptors (Lipinski definition) is 2. The van der Waals surface area contributed by atoms with Crippen molar-refractivity contribution in [2.45, 2.75) is 39.3 Å². The first-order valence-corrected chi connectivity index (χ1v) is 4.84. The van der Waals surface area contributed by atoms with Crippen molar-refractivity contribution in [3.63, 3.8) is 0 Å². The van der Waals surface area contributed by atoms with Crippen molar-refractivity contribution in [2.75, 3.05) is 13.1 Å². The zero-order valence-corrected chi connectivity index (χ0v) is 7.85. The van der Waals surface area contributed by atoms with Crippen LogP contribution >= 0.6 is 0 Å². The van der Waals surface area contributed by atoms with Crippen LogP contribution in [0, 0.1) is 5.92 Å². The highest BCUT2D eigenvalue weighted by Gasteiger charge is 2.35. The second-order valence-corrected chi connectivity index (χ2v) is 3.26. The van der Waals surface area contributed by atoms with E-state index in [0.717, 1.165) is 18.0 Å². The van der Waals surface area contributed by atoms with Gasteiger partial charge in [0.05, 0.1) is 0 Å². The fourth-order valence-corrected chi connectivity index (χ4v) is 2.02. The summed E-state index contributed by atoms with van der Waals surface area (Å²) >= 11 is 0. The van der Waals surface area contributed by atoms with E-state index in [9.17, 15) is 0 Å². The van der Waals surface area contributed by atoms with Gasteiger partial charge in [-0.3, -0.25) is 0 Å². The van der Waals surface area contributed by atoms with Crippen molar-refractivity contribution < 1.29 is 0 Å². The van der Waals surface area contributed by atoms with E-state index in [1.807, 2.05) is 13.8 Å². The molecule has 0 amide bonds. The predicted molar refractivity (Wildman–Crippen MR) is 48.7 cm³/mol. The molecule has 2 rings (SSSR count). The van der Waals surface area contributed by atoms with E-state index in [1.165, 1.54) is 19.5 Å². The molecule has 11 heavy (non-hydrogen) atoms. The summed E-state index contributed by atoms with van der Waals surface area (Å²) in [6.45, 7) is 8.74. The first-order chi connectivity index (χ1) is 5.38. The fourth-order valence-electron chi connectivity index (χ4n) is 2.02. The highest BCUT2D eigenvalue weighted by Crippen LogP contribution is 2.20. The molecule has 0 bridgehead atoms. The first-order valence-electron chi connectivity index (χ1n) is 4.84. The minimum atomic E-state index is 0.782. The molecule has 66 valence electrons. The second kappa shape index (κ2) is 4.07. The zero-order chi connectivity index (χ0) is 8.27. The van der Waals surface area contributed by atoms with Crippen molar-refractivity contribution in [3.05, 3.63) is 0 Å². The highest BCUT2D eigenvalue weighted by atomic mass is 15.1. The van der Waals surface area contributed by atoms with Crippen LogP contribution in [0.25, 0.3) is 0 Å². The van der Waals surface area contributed by atoms with Crippen LogP contribution in [0.4, 0.5) is 0 Å². The van der Waals surface area contributed by atoms with Crippen LogP contribution < -0.4 is 10.6 Å². The molecule has 0 radical (unpaired) electrons. The molecule has 2 nitrogen and oxygen atoms in total. The lowest BCUT2D eigenvalue weighted by molar-refractivity contribution is 0.485. The van der Waals surface area contributed by atoms with Crippen molar-refractivity contribution in [2.24, 2.45) is 5.92 Å². The van der Waals surface area contributed by atoms with Crippen molar-refractivity contribution in [1.82, 2.24) is 10.6 Å². The van der Waals surface area contributed by atoms with Gasteiger partial charge in [0.25, 0.3) is 0 Å². The quantitative estimate of drug-likeness (QED) is 0.546. The van der Waals surface area contributed by atoms with Crippen LogP contribution in [0.15, 0.2) is 0 Å². The van der Waals surface area contributed by atoms with E-state index in [-0.39, 0.29) is 0 Å². The van der Waals surface area contributed by atoms with Gasteiger partial charge in [-0.2, -0.15) is 0 Å². The summed E-state index contributed by atoms with van der Waals surface area (Å²) in [7, 11) is 0. The van der Waals surface area contributed by atoms with Crippen LogP contribution in [-0.4, -0.2) is 25.2 Å². The third-order valence-corrected chi connectivity index (χ3v) is 2.58. The Balaban J connectivity index is 0.000000281. The topological polar surface area (TPSA) is 24.1 Å². The third kappa shape index (κ3) is 1.74. The van der Waals surface area contributed by atoms with Crippen LogP contribution in [0.2, 0.25) is 0 Å². The lowest BCUT2D eigenvalue weighted by atomic mass is 10.0. The second-order valence-electron chi connectivity index (χ2n) is 3.26. The SMILES string of the molecule is CC.CC1CNC2CCNC12. The Kier molecular flexibility index (Phi) is 3.34. The number of fused-ring (bicyclic) bond motifs is 1. The summed E-state index contributed by atoms with van der Waals surface area (Å²) in [5, 5.41) is 7.01. The van der Waals surface area contributed by atoms with Gasteiger partial charge in [0.15, 0.2) is 0 Å². The number of nitrogens with one attached hydrogen (secondary N) is 2. The Hall–Kier alpha value is -0.0800. The van der Waals surface area contributed by atoms with E-state index in [2.05, 4.69) is 17.6 Å². The van der Waals surface area contributed by atoms with Crippen LogP contribution in [0.1, 0.15) is 27.2 Å². The van der Waals surface area contributed by atoms with E-state index in [0.29, 0.717) is 0 Å². The van der Waals surface area contributed by atoms with Crippen LogP contribution in [0.5, 0.6) is 0 Å². The molecule has 2 heterocycles. The summed E-state index contributed by atoms with van der Waals surface area (Å²) in [5.41, 5.74) is 0. The fraction of sp³-hybridized carbons (Fsp3) is 1.00. The molecule has 2 aliphatic heterocycles. The Morgan fingerprint density at radius 2 is 1.91 bits per heavy atom. The van der Waals surface area contributed by atoms with Gasteiger partial charge in [-0.15, -0.1) is 0 Å². The Morgan fingerprint density at radius 1 is 1.18 bits per heavy atom. The molecule has 0 spiro atoms. The van der Waals surface area contributed by atoms with E-state index < -0.39 is 0 Å². The molecule has 2 saturated heterocycles. The minimum Gasteiger partial charge on any atom is -0.312 e.